The Morgan fingerprint density at radius 1 is 0.822 bits per heavy atom. The van der Waals surface area contributed by atoms with E-state index in [2.05, 4.69) is 34.9 Å². The van der Waals surface area contributed by atoms with Crippen molar-refractivity contribution >= 4 is 18.0 Å². The molecule has 1 saturated heterocycles. The first-order chi connectivity index (χ1) is 22.0. The Hall–Kier alpha value is -4.99. The molecule has 1 aliphatic carbocycles. The number of hydrogen-bond acceptors (Lipinski definition) is 7. The molecule has 2 amide bonds. The number of rotatable bonds is 10. The van der Waals surface area contributed by atoms with Gasteiger partial charge in [-0.3, -0.25) is 9.63 Å². The van der Waals surface area contributed by atoms with Crippen molar-refractivity contribution in [1.29, 1.82) is 0 Å². The standard InChI is InChI=1S/C36H35N3O6/c1-43-35(41)32-21-33(39(45-32)22-25-14-6-3-7-15-25)38-34(40)31(20-24-12-4-2-5-13-24)37-36(42)44-23-30-28-18-10-8-16-26(28)27-17-9-11-19-29(27)30/h2-19,30-33H,20-23H2,1H3,(H,37,42)(H,38,40)/t31-,32+,33+/m0/s1. The molecule has 1 fully saturated rings. The molecule has 0 saturated carbocycles. The van der Waals surface area contributed by atoms with Crippen molar-refractivity contribution < 1.29 is 28.7 Å². The van der Waals surface area contributed by atoms with Crippen molar-refractivity contribution in [1.82, 2.24) is 15.7 Å². The second-order valence-corrected chi connectivity index (χ2v) is 11.2. The van der Waals surface area contributed by atoms with Crippen LogP contribution >= 0.6 is 0 Å². The number of alkyl carbamates (subject to hydrolysis) is 1. The Bertz CT molecular complexity index is 1600. The zero-order valence-electron chi connectivity index (χ0n) is 24.9. The third kappa shape index (κ3) is 6.90. The first-order valence-electron chi connectivity index (χ1n) is 15.0. The zero-order chi connectivity index (χ0) is 31.2. The Balaban J connectivity index is 1.16. The lowest BCUT2D eigenvalue weighted by Crippen LogP contribution is -2.53. The predicted molar refractivity (Wildman–Crippen MR) is 168 cm³/mol. The number of nitrogens with zero attached hydrogens (tertiary/aromatic N) is 1. The molecular formula is C36H35N3O6. The maximum Gasteiger partial charge on any atom is 0.407 e. The van der Waals surface area contributed by atoms with Crippen molar-refractivity contribution in [2.45, 2.75) is 43.6 Å². The van der Waals surface area contributed by atoms with Gasteiger partial charge in [0.15, 0.2) is 6.10 Å². The van der Waals surface area contributed by atoms with Crippen LogP contribution in [0.15, 0.2) is 109 Å². The molecule has 2 N–H and O–H groups in total. The smallest absolute Gasteiger partial charge is 0.407 e. The molecule has 9 nitrogen and oxygen atoms in total. The lowest BCUT2D eigenvalue weighted by molar-refractivity contribution is -0.193. The fourth-order valence-electron chi connectivity index (χ4n) is 6.02. The minimum absolute atomic E-state index is 0.109. The van der Waals surface area contributed by atoms with Gasteiger partial charge >= 0.3 is 12.1 Å². The summed E-state index contributed by atoms with van der Waals surface area (Å²) in [6.45, 7) is 0.462. The number of hydroxylamine groups is 2. The summed E-state index contributed by atoms with van der Waals surface area (Å²) in [5.74, 6) is -1.06. The molecule has 9 heteroatoms. The molecule has 3 atom stereocenters. The molecule has 0 spiro atoms. The molecule has 0 radical (unpaired) electrons. The van der Waals surface area contributed by atoms with Gasteiger partial charge in [-0.2, -0.15) is 5.06 Å². The van der Waals surface area contributed by atoms with Crippen LogP contribution in [0.5, 0.6) is 0 Å². The normalized spacial score (nSPS) is 18.0. The van der Waals surface area contributed by atoms with E-state index >= 15 is 0 Å². The highest BCUT2D eigenvalue weighted by molar-refractivity contribution is 5.86. The molecule has 1 heterocycles. The zero-order valence-corrected chi connectivity index (χ0v) is 24.9. The molecule has 0 bridgehead atoms. The SMILES string of the molecule is COC(=O)[C@H]1C[C@H](NC(=O)[C@H](Cc2ccccc2)NC(=O)OCC2c3ccccc3-c3ccccc32)N(Cc2ccccc2)O1. The molecular weight excluding hydrogens is 570 g/mol. The second-order valence-electron chi connectivity index (χ2n) is 11.2. The summed E-state index contributed by atoms with van der Waals surface area (Å²) < 4.78 is 10.7. The fourth-order valence-corrected chi connectivity index (χ4v) is 6.02. The minimum Gasteiger partial charge on any atom is -0.467 e. The van der Waals surface area contributed by atoms with E-state index in [0.717, 1.165) is 33.4 Å². The Morgan fingerprint density at radius 2 is 1.40 bits per heavy atom. The predicted octanol–water partition coefficient (Wildman–Crippen LogP) is 4.96. The van der Waals surface area contributed by atoms with E-state index in [1.807, 2.05) is 84.9 Å². The first kappa shape index (κ1) is 30.1. The Morgan fingerprint density at radius 3 is 2.02 bits per heavy atom. The number of esters is 1. The Labute approximate surface area is 262 Å². The van der Waals surface area contributed by atoms with Gasteiger partial charge in [-0.05, 0) is 33.4 Å². The fraction of sp³-hybridized carbons (Fsp3) is 0.250. The van der Waals surface area contributed by atoms with E-state index in [-0.39, 0.29) is 25.4 Å². The van der Waals surface area contributed by atoms with Crippen molar-refractivity contribution in [3.63, 3.8) is 0 Å². The molecule has 45 heavy (non-hydrogen) atoms. The number of carbonyl (C=O) groups is 3. The van der Waals surface area contributed by atoms with Crippen LogP contribution < -0.4 is 10.6 Å². The van der Waals surface area contributed by atoms with E-state index in [4.69, 9.17) is 14.3 Å². The summed E-state index contributed by atoms with van der Waals surface area (Å²) >= 11 is 0. The third-order valence-electron chi connectivity index (χ3n) is 8.24. The van der Waals surface area contributed by atoms with Crippen LogP contribution in [-0.4, -0.2) is 55.1 Å². The molecule has 0 unspecified atom stereocenters. The van der Waals surface area contributed by atoms with E-state index in [1.165, 1.54) is 7.11 Å². The largest absolute Gasteiger partial charge is 0.467 e. The van der Waals surface area contributed by atoms with Gasteiger partial charge in [-0.15, -0.1) is 0 Å². The summed E-state index contributed by atoms with van der Waals surface area (Å²) in [4.78, 5) is 45.3. The van der Waals surface area contributed by atoms with Crippen molar-refractivity contribution in [3.05, 3.63) is 131 Å². The highest BCUT2D eigenvalue weighted by atomic mass is 16.7. The highest BCUT2D eigenvalue weighted by Gasteiger charge is 2.40. The van der Waals surface area contributed by atoms with Crippen LogP contribution in [0.4, 0.5) is 4.79 Å². The third-order valence-corrected chi connectivity index (χ3v) is 8.24. The van der Waals surface area contributed by atoms with E-state index in [0.29, 0.717) is 6.54 Å². The number of carbonyl (C=O) groups excluding carboxylic acids is 3. The number of methoxy groups -OCH3 is 1. The monoisotopic (exact) mass is 605 g/mol. The number of benzene rings is 4. The van der Waals surface area contributed by atoms with Crippen molar-refractivity contribution in [3.8, 4) is 11.1 Å². The molecule has 6 rings (SSSR count). The molecule has 230 valence electrons. The first-order valence-corrected chi connectivity index (χ1v) is 15.0. The topological polar surface area (TPSA) is 106 Å². The van der Waals surface area contributed by atoms with Gasteiger partial charge in [-0.1, -0.05) is 109 Å². The van der Waals surface area contributed by atoms with Crippen molar-refractivity contribution in [2.24, 2.45) is 0 Å². The average Bonchev–Trinajstić information content (AvgIpc) is 3.62. The number of amides is 2. The summed E-state index contributed by atoms with van der Waals surface area (Å²) in [6, 6.07) is 34.3. The molecule has 1 aliphatic heterocycles. The van der Waals surface area contributed by atoms with Gasteiger partial charge in [-0.25, -0.2) is 9.59 Å². The number of fused-ring (bicyclic) bond motifs is 3. The number of hydrogen-bond donors (Lipinski definition) is 2. The molecule has 4 aromatic carbocycles. The lowest BCUT2D eigenvalue weighted by Gasteiger charge is -2.26. The maximum absolute atomic E-state index is 13.8. The van der Waals surface area contributed by atoms with Crippen LogP contribution in [-0.2, 0) is 36.9 Å². The summed E-state index contributed by atoms with van der Waals surface area (Å²) in [6.07, 6.45) is -1.77. The quantitative estimate of drug-likeness (QED) is 0.246. The van der Waals surface area contributed by atoms with E-state index in [1.54, 1.807) is 5.06 Å². The Kier molecular flexibility index (Phi) is 9.19. The van der Waals surface area contributed by atoms with Crippen LogP contribution in [0.2, 0.25) is 0 Å². The van der Waals surface area contributed by atoms with Crippen LogP contribution in [0.1, 0.15) is 34.6 Å². The van der Waals surface area contributed by atoms with Crippen LogP contribution in [0.25, 0.3) is 11.1 Å². The molecule has 2 aliphatic rings. The van der Waals surface area contributed by atoms with E-state index in [9.17, 15) is 14.4 Å². The number of nitrogens with one attached hydrogen (secondary N) is 2. The second kappa shape index (κ2) is 13.8. The lowest BCUT2D eigenvalue weighted by atomic mass is 9.98. The van der Waals surface area contributed by atoms with Gasteiger partial charge in [0.2, 0.25) is 5.91 Å². The summed E-state index contributed by atoms with van der Waals surface area (Å²) in [7, 11) is 1.30. The number of ether oxygens (including phenoxy) is 2. The van der Waals surface area contributed by atoms with Gasteiger partial charge in [0.05, 0.1) is 13.7 Å². The molecule has 4 aromatic rings. The van der Waals surface area contributed by atoms with Gasteiger partial charge in [0.1, 0.15) is 18.8 Å². The summed E-state index contributed by atoms with van der Waals surface area (Å²) in [5.41, 5.74) is 6.28. The van der Waals surface area contributed by atoms with Crippen LogP contribution in [0, 0.1) is 0 Å². The van der Waals surface area contributed by atoms with Crippen LogP contribution in [0.3, 0.4) is 0 Å². The van der Waals surface area contributed by atoms with Crippen molar-refractivity contribution in [2.75, 3.05) is 13.7 Å². The maximum atomic E-state index is 13.8. The highest BCUT2D eigenvalue weighted by Crippen LogP contribution is 2.44. The summed E-state index contributed by atoms with van der Waals surface area (Å²) in [5, 5.41) is 7.36. The minimum atomic E-state index is -0.946. The average molecular weight is 606 g/mol. The molecule has 0 aromatic heterocycles. The van der Waals surface area contributed by atoms with E-state index < -0.39 is 36.3 Å². The van der Waals surface area contributed by atoms with Gasteiger partial charge < -0.3 is 20.1 Å². The van der Waals surface area contributed by atoms with Gasteiger partial charge in [0.25, 0.3) is 0 Å². The van der Waals surface area contributed by atoms with Gasteiger partial charge in [0, 0.05) is 18.8 Å².